The van der Waals surface area contributed by atoms with Crippen LogP contribution in [0, 0.1) is 5.82 Å². The fourth-order valence-electron chi connectivity index (χ4n) is 1.52. The van der Waals surface area contributed by atoms with Crippen LogP contribution in [0.25, 0.3) is 10.1 Å². The zero-order chi connectivity index (χ0) is 14.2. The van der Waals surface area contributed by atoms with Crippen molar-refractivity contribution in [1.82, 2.24) is 5.32 Å². The van der Waals surface area contributed by atoms with Gasteiger partial charge in [-0.05, 0) is 37.4 Å². The average molecular weight is 281 g/mol. The first-order valence-electron chi connectivity index (χ1n) is 5.54. The Hall–Kier alpha value is -1.95. The molecule has 0 aliphatic rings. The molecule has 0 aliphatic carbocycles. The second-order valence-electron chi connectivity index (χ2n) is 4.68. The lowest BCUT2D eigenvalue weighted by Crippen LogP contribution is -2.49. The standard InChI is InChI=1S/C13H12FNO3S/c1-13(2,12(17)18)15-11(16)10-5-7-3-4-8(14)6-9(7)19-10/h3-6H,1-2H3,(H,15,16)(H,17,18). The molecule has 100 valence electrons. The number of amides is 1. The van der Waals surface area contributed by atoms with Gasteiger partial charge in [-0.25, -0.2) is 9.18 Å². The molecule has 2 N–H and O–H groups in total. The predicted molar refractivity (Wildman–Crippen MR) is 71.0 cm³/mol. The lowest BCUT2D eigenvalue weighted by Gasteiger charge is -2.20. The molecule has 1 aromatic carbocycles. The Morgan fingerprint density at radius 1 is 1.32 bits per heavy atom. The minimum absolute atomic E-state index is 0.356. The van der Waals surface area contributed by atoms with Crippen LogP contribution in [0.1, 0.15) is 23.5 Å². The number of hydrogen-bond acceptors (Lipinski definition) is 3. The monoisotopic (exact) mass is 281 g/mol. The van der Waals surface area contributed by atoms with Crippen molar-refractivity contribution in [2.24, 2.45) is 0 Å². The number of carbonyl (C=O) groups is 2. The third kappa shape index (κ3) is 2.73. The molecule has 1 heterocycles. The van der Waals surface area contributed by atoms with Gasteiger partial charge in [0.05, 0.1) is 4.88 Å². The van der Waals surface area contributed by atoms with Gasteiger partial charge in [-0.2, -0.15) is 0 Å². The lowest BCUT2D eigenvalue weighted by molar-refractivity contribution is -0.143. The van der Waals surface area contributed by atoms with Crippen LogP contribution in [0.15, 0.2) is 24.3 Å². The Balaban J connectivity index is 2.29. The first kappa shape index (κ1) is 13.5. The third-order valence-corrected chi connectivity index (χ3v) is 3.76. The zero-order valence-corrected chi connectivity index (χ0v) is 11.2. The minimum Gasteiger partial charge on any atom is -0.480 e. The number of hydrogen-bond donors (Lipinski definition) is 2. The van der Waals surface area contributed by atoms with Gasteiger partial charge in [-0.3, -0.25) is 4.79 Å². The summed E-state index contributed by atoms with van der Waals surface area (Å²) in [5, 5.41) is 12.1. The number of aliphatic carboxylic acids is 1. The van der Waals surface area contributed by atoms with E-state index in [1.54, 1.807) is 12.1 Å². The number of halogens is 1. The smallest absolute Gasteiger partial charge is 0.328 e. The van der Waals surface area contributed by atoms with Crippen LogP contribution in [-0.4, -0.2) is 22.5 Å². The maximum atomic E-state index is 13.1. The van der Waals surface area contributed by atoms with Gasteiger partial charge < -0.3 is 10.4 Å². The Bertz CT molecular complexity index is 663. The molecule has 0 saturated carbocycles. The quantitative estimate of drug-likeness (QED) is 0.909. The number of thiophene rings is 1. The van der Waals surface area contributed by atoms with E-state index in [2.05, 4.69) is 5.32 Å². The Kier molecular flexibility index (Phi) is 3.28. The van der Waals surface area contributed by atoms with Gasteiger partial charge in [0, 0.05) is 4.70 Å². The van der Waals surface area contributed by atoms with Crippen molar-refractivity contribution in [2.45, 2.75) is 19.4 Å². The molecule has 4 nitrogen and oxygen atoms in total. The Morgan fingerprint density at radius 2 is 2.00 bits per heavy atom. The van der Waals surface area contributed by atoms with Crippen molar-refractivity contribution < 1.29 is 19.1 Å². The molecular formula is C13H12FNO3S. The number of carboxylic acids is 1. The number of fused-ring (bicyclic) bond motifs is 1. The van der Waals surface area contributed by atoms with E-state index in [4.69, 9.17) is 5.11 Å². The summed E-state index contributed by atoms with van der Waals surface area (Å²) in [7, 11) is 0. The van der Waals surface area contributed by atoms with E-state index >= 15 is 0 Å². The topological polar surface area (TPSA) is 66.4 Å². The highest BCUT2D eigenvalue weighted by atomic mass is 32.1. The van der Waals surface area contributed by atoms with Crippen molar-refractivity contribution in [3.63, 3.8) is 0 Å². The Morgan fingerprint density at radius 3 is 2.63 bits per heavy atom. The molecule has 0 saturated heterocycles. The fraction of sp³-hybridized carbons (Fsp3) is 0.231. The lowest BCUT2D eigenvalue weighted by atomic mass is 10.1. The molecule has 0 fully saturated rings. The van der Waals surface area contributed by atoms with E-state index in [9.17, 15) is 14.0 Å². The first-order valence-corrected chi connectivity index (χ1v) is 6.36. The van der Waals surface area contributed by atoms with E-state index in [1.165, 1.54) is 26.0 Å². The van der Waals surface area contributed by atoms with Gasteiger partial charge in [0.1, 0.15) is 11.4 Å². The molecule has 1 aromatic heterocycles. The van der Waals surface area contributed by atoms with Crippen LogP contribution in [0.2, 0.25) is 0 Å². The molecule has 0 bridgehead atoms. The molecule has 0 atom stereocenters. The first-order chi connectivity index (χ1) is 8.79. The van der Waals surface area contributed by atoms with E-state index in [0.29, 0.717) is 9.58 Å². The van der Waals surface area contributed by atoms with Crippen molar-refractivity contribution >= 4 is 33.3 Å². The molecule has 0 aliphatic heterocycles. The minimum atomic E-state index is -1.35. The SMILES string of the molecule is CC(C)(NC(=O)c1cc2ccc(F)cc2s1)C(=O)O. The molecule has 0 unspecified atom stereocenters. The molecular weight excluding hydrogens is 269 g/mol. The van der Waals surface area contributed by atoms with E-state index in [0.717, 1.165) is 16.7 Å². The van der Waals surface area contributed by atoms with Crippen molar-refractivity contribution in [3.05, 3.63) is 35.0 Å². The van der Waals surface area contributed by atoms with Crippen LogP contribution < -0.4 is 5.32 Å². The summed E-state index contributed by atoms with van der Waals surface area (Å²) in [6.07, 6.45) is 0. The van der Waals surface area contributed by atoms with Gasteiger partial charge in [-0.15, -0.1) is 11.3 Å². The second kappa shape index (κ2) is 4.62. The highest BCUT2D eigenvalue weighted by Gasteiger charge is 2.29. The summed E-state index contributed by atoms with van der Waals surface area (Å²) < 4.78 is 13.7. The molecule has 2 aromatic rings. The summed E-state index contributed by atoms with van der Waals surface area (Å²) in [5.41, 5.74) is -1.35. The van der Waals surface area contributed by atoms with Crippen molar-refractivity contribution in [2.75, 3.05) is 0 Å². The Labute approximate surface area is 112 Å². The molecule has 0 radical (unpaired) electrons. The van der Waals surface area contributed by atoms with Gasteiger partial charge in [-0.1, -0.05) is 6.07 Å². The highest BCUT2D eigenvalue weighted by molar-refractivity contribution is 7.20. The second-order valence-corrected chi connectivity index (χ2v) is 5.76. The maximum Gasteiger partial charge on any atom is 0.328 e. The van der Waals surface area contributed by atoms with Gasteiger partial charge in [0.15, 0.2) is 0 Å². The highest BCUT2D eigenvalue weighted by Crippen LogP contribution is 2.26. The van der Waals surface area contributed by atoms with Gasteiger partial charge in [0.25, 0.3) is 5.91 Å². The van der Waals surface area contributed by atoms with Gasteiger partial charge in [0.2, 0.25) is 0 Å². The normalized spacial score (nSPS) is 11.5. The van der Waals surface area contributed by atoms with E-state index < -0.39 is 17.4 Å². The number of carboxylic acid groups (broad SMARTS) is 1. The van der Waals surface area contributed by atoms with Crippen molar-refractivity contribution in [3.8, 4) is 0 Å². The molecule has 0 spiro atoms. The fourth-order valence-corrected chi connectivity index (χ4v) is 2.50. The molecule has 6 heteroatoms. The average Bonchev–Trinajstić information content (AvgIpc) is 2.71. The summed E-state index contributed by atoms with van der Waals surface area (Å²) in [6, 6.07) is 5.87. The van der Waals surface area contributed by atoms with Crippen LogP contribution >= 0.6 is 11.3 Å². The van der Waals surface area contributed by atoms with Crippen LogP contribution in [0.3, 0.4) is 0 Å². The predicted octanol–water partition coefficient (Wildman–Crippen LogP) is 2.63. The van der Waals surface area contributed by atoms with Crippen LogP contribution in [0.5, 0.6) is 0 Å². The number of carbonyl (C=O) groups excluding carboxylic acids is 1. The number of benzene rings is 1. The largest absolute Gasteiger partial charge is 0.480 e. The van der Waals surface area contributed by atoms with E-state index in [1.807, 2.05) is 0 Å². The van der Waals surface area contributed by atoms with Gasteiger partial charge >= 0.3 is 5.97 Å². The van der Waals surface area contributed by atoms with Crippen LogP contribution in [-0.2, 0) is 4.79 Å². The summed E-state index contributed by atoms with van der Waals surface area (Å²) in [4.78, 5) is 23.3. The maximum absolute atomic E-state index is 13.1. The molecule has 2 rings (SSSR count). The summed E-state index contributed by atoms with van der Waals surface area (Å²) in [5.74, 6) is -1.96. The number of nitrogens with one attached hydrogen (secondary N) is 1. The van der Waals surface area contributed by atoms with Crippen LogP contribution in [0.4, 0.5) is 4.39 Å². The van der Waals surface area contributed by atoms with Crippen molar-refractivity contribution in [1.29, 1.82) is 0 Å². The summed E-state index contributed by atoms with van der Waals surface area (Å²) in [6.45, 7) is 2.81. The third-order valence-electron chi connectivity index (χ3n) is 2.67. The molecule has 1 amide bonds. The number of rotatable bonds is 3. The van der Waals surface area contributed by atoms with E-state index in [-0.39, 0.29) is 5.82 Å². The zero-order valence-electron chi connectivity index (χ0n) is 10.4. The molecule has 19 heavy (non-hydrogen) atoms. The summed E-state index contributed by atoms with van der Waals surface area (Å²) >= 11 is 1.13.